The number of carbonyl (C=O) groups excluding carboxylic acids is 2. The predicted molar refractivity (Wildman–Crippen MR) is 131 cm³/mol. The van der Waals surface area contributed by atoms with Crippen LogP contribution in [0.4, 0.5) is 4.39 Å². The van der Waals surface area contributed by atoms with Gasteiger partial charge < -0.3 is 5.73 Å². The minimum absolute atomic E-state index is 0.158. The van der Waals surface area contributed by atoms with E-state index in [1.165, 1.54) is 6.07 Å². The Morgan fingerprint density at radius 3 is 2.17 bits per heavy atom. The SMILES string of the molecule is CNS(=O)(=O)c1ccc(S(=O)(=O)CC(=O)Cc2c(C(C)C)cc(C#N)c(F)c2C(C)C)c(C(N)=O)c1. The van der Waals surface area contributed by atoms with Crippen molar-refractivity contribution in [2.75, 3.05) is 12.8 Å². The van der Waals surface area contributed by atoms with Gasteiger partial charge in [-0.25, -0.2) is 25.9 Å². The Hall–Kier alpha value is -3.14. The Labute approximate surface area is 210 Å². The van der Waals surface area contributed by atoms with Gasteiger partial charge in [-0.1, -0.05) is 27.7 Å². The lowest BCUT2D eigenvalue weighted by Gasteiger charge is -2.21. The van der Waals surface area contributed by atoms with Crippen LogP contribution in [0.1, 0.15) is 72.1 Å². The highest BCUT2D eigenvalue weighted by molar-refractivity contribution is 7.92. The van der Waals surface area contributed by atoms with E-state index in [1.54, 1.807) is 13.8 Å². The molecule has 0 spiro atoms. The van der Waals surface area contributed by atoms with Crippen LogP contribution in [0.25, 0.3) is 0 Å². The summed E-state index contributed by atoms with van der Waals surface area (Å²) in [6.07, 6.45) is -0.416. The number of primary amides is 1. The standard InChI is InChI=1S/C24H28FN3O6S2/c1-13(2)18-8-15(11-26)23(25)22(14(3)4)19(18)9-16(29)12-35(31,32)21-7-6-17(36(33,34)28-5)10-20(21)24(27)30/h6-8,10,13-14,28H,9,12H2,1-5H3,(H2,27,30). The first-order valence-electron chi connectivity index (χ1n) is 10.9. The van der Waals surface area contributed by atoms with Gasteiger partial charge in [0.05, 0.1) is 20.9 Å². The van der Waals surface area contributed by atoms with Crippen LogP contribution in [0.2, 0.25) is 0 Å². The molecule has 0 saturated heterocycles. The second kappa shape index (κ2) is 10.9. The van der Waals surface area contributed by atoms with Crippen LogP contribution >= 0.6 is 0 Å². The van der Waals surface area contributed by atoms with Crippen LogP contribution in [-0.4, -0.2) is 41.3 Å². The first-order valence-corrected chi connectivity index (χ1v) is 14.1. The number of rotatable bonds is 10. The number of ketones is 1. The maximum atomic E-state index is 15.0. The third-order valence-corrected chi connectivity index (χ3v) is 8.76. The summed E-state index contributed by atoms with van der Waals surface area (Å²) < 4.78 is 67.3. The minimum atomic E-state index is -4.43. The molecular formula is C24H28FN3O6S2. The van der Waals surface area contributed by atoms with Crippen molar-refractivity contribution in [1.82, 2.24) is 4.72 Å². The number of nitrogens with two attached hydrogens (primary N) is 1. The molecule has 0 radical (unpaired) electrons. The number of amides is 1. The summed E-state index contributed by atoms with van der Waals surface area (Å²) in [6.45, 7) is 7.02. The molecule has 2 rings (SSSR count). The summed E-state index contributed by atoms with van der Waals surface area (Å²) in [5.41, 5.74) is 5.61. The zero-order chi connectivity index (χ0) is 27.6. The molecule has 0 unspecified atom stereocenters. The normalized spacial score (nSPS) is 12.1. The molecule has 0 heterocycles. The third kappa shape index (κ3) is 5.98. The van der Waals surface area contributed by atoms with Crippen molar-refractivity contribution in [3.05, 3.63) is 57.9 Å². The van der Waals surface area contributed by atoms with Gasteiger partial charge in [0.2, 0.25) is 15.9 Å². The zero-order valence-electron chi connectivity index (χ0n) is 20.5. The van der Waals surface area contributed by atoms with Gasteiger partial charge in [-0.2, -0.15) is 5.26 Å². The van der Waals surface area contributed by atoms with E-state index in [0.29, 0.717) is 11.1 Å². The van der Waals surface area contributed by atoms with E-state index in [-0.39, 0.29) is 21.9 Å². The number of nitriles is 1. The summed E-state index contributed by atoms with van der Waals surface area (Å²) in [6, 6.07) is 5.91. The van der Waals surface area contributed by atoms with Crippen LogP contribution in [0, 0.1) is 17.1 Å². The van der Waals surface area contributed by atoms with Crippen molar-refractivity contribution in [1.29, 1.82) is 5.26 Å². The fourth-order valence-corrected chi connectivity index (χ4v) is 6.14. The van der Waals surface area contributed by atoms with E-state index in [4.69, 9.17) is 5.73 Å². The van der Waals surface area contributed by atoms with Gasteiger partial charge in [-0.05, 0) is 59.8 Å². The molecule has 0 aromatic heterocycles. The van der Waals surface area contributed by atoms with E-state index >= 15 is 4.39 Å². The summed E-state index contributed by atoms with van der Waals surface area (Å²) in [5, 5.41) is 9.32. The van der Waals surface area contributed by atoms with Crippen molar-refractivity contribution < 1.29 is 30.8 Å². The number of carbonyl (C=O) groups is 2. The molecule has 1 amide bonds. The van der Waals surface area contributed by atoms with Crippen molar-refractivity contribution >= 4 is 31.6 Å². The molecule has 9 nitrogen and oxygen atoms in total. The first-order chi connectivity index (χ1) is 16.6. The van der Waals surface area contributed by atoms with Crippen molar-refractivity contribution in [3.8, 4) is 6.07 Å². The Kier molecular flexibility index (Phi) is 8.78. The van der Waals surface area contributed by atoms with Crippen LogP contribution in [0.3, 0.4) is 0 Å². The number of sulfone groups is 1. The first kappa shape index (κ1) is 29.1. The Bertz CT molecular complexity index is 1470. The number of Topliss-reactive ketones (excluding diaryl/α,β-unsaturated/α-hetero) is 1. The fourth-order valence-electron chi connectivity index (χ4n) is 3.93. The average molecular weight is 538 g/mol. The molecule has 12 heteroatoms. The smallest absolute Gasteiger partial charge is 0.250 e. The van der Waals surface area contributed by atoms with Gasteiger partial charge in [-0.15, -0.1) is 0 Å². The summed E-state index contributed by atoms with van der Waals surface area (Å²) in [7, 11) is -7.27. The van der Waals surface area contributed by atoms with E-state index in [0.717, 1.165) is 25.2 Å². The van der Waals surface area contributed by atoms with Crippen molar-refractivity contribution in [3.63, 3.8) is 0 Å². The Morgan fingerprint density at radius 1 is 1.08 bits per heavy atom. The molecule has 0 saturated carbocycles. The molecule has 0 atom stereocenters. The molecule has 0 bridgehead atoms. The second-order valence-electron chi connectivity index (χ2n) is 8.85. The molecule has 3 N–H and O–H groups in total. The van der Waals surface area contributed by atoms with E-state index in [2.05, 4.69) is 0 Å². The molecule has 0 aliphatic carbocycles. The van der Waals surface area contributed by atoms with Crippen LogP contribution in [0.15, 0.2) is 34.1 Å². The topological polar surface area (TPSA) is 164 Å². The van der Waals surface area contributed by atoms with E-state index in [9.17, 15) is 31.7 Å². The largest absolute Gasteiger partial charge is 0.366 e. The highest BCUT2D eigenvalue weighted by atomic mass is 32.2. The number of nitrogens with one attached hydrogen (secondary N) is 1. The van der Waals surface area contributed by atoms with E-state index < -0.39 is 65.9 Å². The highest BCUT2D eigenvalue weighted by Crippen LogP contribution is 2.33. The average Bonchev–Trinajstić information content (AvgIpc) is 2.77. The molecular weight excluding hydrogens is 509 g/mol. The second-order valence-corrected chi connectivity index (χ2v) is 12.7. The number of halogens is 1. The van der Waals surface area contributed by atoms with Crippen molar-refractivity contribution in [2.45, 2.75) is 55.7 Å². The predicted octanol–water partition coefficient (Wildman–Crippen LogP) is 2.54. The lowest BCUT2D eigenvalue weighted by molar-refractivity contribution is -0.116. The third-order valence-electron chi connectivity index (χ3n) is 5.62. The van der Waals surface area contributed by atoms with Gasteiger partial charge in [0, 0.05) is 6.42 Å². The summed E-state index contributed by atoms with van der Waals surface area (Å²) in [4.78, 5) is 24.0. The maximum Gasteiger partial charge on any atom is 0.250 e. The molecule has 0 fully saturated rings. The van der Waals surface area contributed by atoms with Gasteiger partial charge in [0.15, 0.2) is 15.6 Å². The zero-order valence-corrected chi connectivity index (χ0v) is 22.2. The number of hydrogen-bond donors (Lipinski definition) is 2. The van der Waals surface area contributed by atoms with Gasteiger partial charge in [0.25, 0.3) is 0 Å². The molecule has 36 heavy (non-hydrogen) atoms. The van der Waals surface area contributed by atoms with E-state index in [1.807, 2.05) is 24.6 Å². The molecule has 0 aliphatic heterocycles. The molecule has 0 aliphatic rings. The summed E-state index contributed by atoms with van der Waals surface area (Å²) in [5.74, 6) is -4.31. The maximum absolute atomic E-state index is 15.0. The van der Waals surface area contributed by atoms with Crippen LogP contribution in [-0.2, 0) is 31.1 Å². The highest BCUT2D eigenvalue weighted by Gasteiger charge is 2.29. The van der Waals surface area contributed by atoms with Crippen molar-refractivity contribution in [2.24, 2.45) is 5.73 Å². The molecule has 2 aromatic rings. The van der Waals surface area contributed by atoms with Gasteiger partial charge in [0.1, 0.15) is 17.6 Å². The van der Waals surface area contributed by atoms with Crippen LogP contribution < -0.4 is 10.5 Å². The minimum Gasteiger partial charge on any atom is -0.366 e. The number of benzene rings is 2. The molecule has 194 valence electrons. The monoisotopic (exact) mass is 537 g/mol. The Morgan fingerprint density at radius 2 is 1.69 bits per heavy atom. The van der Waals surface area contributed by atoms with Gasteiger partial charge in [-0.3, -0.25) is 9.59 Å². The quantitative estimate of drug-likeness (QED) is 0.470. The number of sulfonamides is 1. The van der Waals surface area contributed by atoms with Crippen LogP contribution in [0.5, 0.6) is 0 Å². The number of nitrogens with zero attached hydrogens (tertiary/aromatic N) is 1. The summed E-state index contributed by atoms with van der Waals surface area (Å²) >= 11 is 0. The Balaban J connectivity index is 2.55. The lowest BCUT2D eigenvalue weighted by atomic mass is 9.84. The number of hydrogen-bond acceptors (Lipinski definition) is 7. The van der Waals surface area contributed by atoms with Gasteiger partial charge >= 0.3 is 0 Å². The fraction of sp³-hybridized carbons (Fsp3) is 0.375. The lowest BCUT2D eigenvalue weighted by Crippen LogP contribution is -2.25. The molecule has 2 aromatic carbocycles.